The van der Waals surface area contributed by atoms with Crippen LogP contribution in [0.25, 0.3) is 0 Å². The van der Waals surface area contributed by atoms with Gasteiger partial charge in [-0.3, -0.25) is 0 Å². The smallest absolute Gasteiger partial charge is 0.116 e. The van der Waals surface area contributed by atoms with Crippen LogP contribution in [0.2, 0.25) is 0 Å². The van der Waals surface area contributed by atoms with Gasteiger partial charge in [-0.05, 0) is 30.9 Å². The third-order valence-electron chi connectivity index (χ3n) is 2.88. The highest BCUT2D eigenvalue weighted by Gasteiger charge is 2.24. The highest BCUT2D eigenvalue weighted by atomic mass is 35.5. The maximum atomic E-state index is 13.5. The summed E-state index contributed by atoms with van der Waals surface area (Å²) in [6, 6.07) is 10.2. The molecule has 1 N–H and O–H groups in total. The van der Waals surface area contributed by atoms with Crippen LogP contribution in [0.15, 0.2) is 30.3 Å². The SMILES string of the molecule is Cl.FC1CNCCC1Cc1ccccc1. The van der Waals surface area contributed by atoms with Crippen molar-refractivity contribution in [1.29, 1.82) is 0 Å². The van der Waals surface area contributed by atoms with Crippen LogP contribution in [0.1, 0.15) is 12.0 Å². The molecular weight excluding hydrogens is 213 g/mol. The Balaban J connectivity index is 0.00000112. The third-order valence-corrected chi connectivity index (χ3v) is 2.88. The van der Waals surface area contributed by atoms with E-state index in [4.69, 9.17) is 0 Å². The Bertz CT molecular complexity index is 278. The second-order valence-corrected chi connectivity index (χ2v) is 3.96. The van der Waals surface area contributed by atoms with Crippen molar-refractivity contribution < 1.29 is 4.39 Å². The second-order valence-electron chi connectivity index (χ2n) is 3.96. The van der Waals surface area contributed by atoms with Crippen LogP contribution in [-0.2, 0) is 6.42 Å². The molecule has 2 rings (SSSR count). The van der Waals surface area contributed by atoms with E-state index in [1.807, 2.05) is 18.2 Å². The Labute approximate surface area is 96.5 Å². The lowest BCUT2D eigenvalue weighted by molar-refractivity contribution is 0.179. The van der Waals surface area contributed by atoms with Gasteiger partial charge in [0.25, 0.3) is 0 Å². The fourth-order valence-electron chi connectivity index (χ4n) is 2.02. The van der Waals surface area contributed by atoms with E-state index in [0.29, 0.717) is 6.54 Å². The van der Waals surface area contributed by atoms with E-state index >= 15 is 0 Å². The minimum atomic E-state index is -0.677. The first-order valence-corrected chi connectivity index (χ1v) is 5.25. The number of hydrogen-bond acceptors (Lipinski definition) is 1. The van der Waals surface area contributed by atoms with E-state index in [1.54, 1.807) is 0 Å². The molecule has 0 aliphatic carbocycles. The molecule has 15 heavy (non-hydrogen) atoms. The predicted octanol–water partition coefficient (Wildman–Crippen LogP) is 2.60. The maximum Gasteiger partial charge on any atom is 0.116 e. The molecule has 1 aliphatic rings. The minimum absolute atomic E-state index is 0. The van der Waals surface area contributed by atoms with Crippen molar-refractivity contribution in [3.05, 3.63) is 35.9 Å². The van der Waals surface area contributed by atoms with Crippen LogP contribution in [0.5, 0.6) is 0 Å². The number of halogens is 2. The molecule has 1 fully saturated rings. The van der Waals surface area contributed by atoms with Gasteiger partial charge < -0.3 is 5.32 Å². The van der Waals surface area contributed by atoms with Crippen LogP contribution in [0, 0.1) is 5.92 Å². The first kappa shape index (κ1) is 12.5. The van der Waals surface area contributed by atoms with Crippen LogP contribution < -0.4 is 5.32 Å². The first-order valence-electron chi connectivity index (χ1n) is 5.25. The highest BCUT2D eigenvalue weighted by molar-refractivity contribution is 5.85. The molecule has 1 aliphatic heterocycles. The van der Waals surface area contributed by atoms with Gasteiger partial charge in [0.15, 0.2) is 0 Å². The number of hydrogen-bond donors (Lipinski definition) is 1. The van der Waals surface area contributed by atoms with E-state index in [9.17, 15) is 4.39 Å². The Morgan fingerprint density at radius 2 is 2.00 bits per heavy atom. The summed E-state index contributed by atoms with van der Waals surface area (Å²) in [6.07, 6.45) is 1.16. The first-order chi connectivity index (χ1) is 6.86. The van der Waals surface area contributed by atoms with Crippen molar-refractivity contribution in [2.24, 2.45) is 5.92 Å². The number of nitrogens with one attached hydrogen (secondary N) is 1. The number of rotatable bonds is 2. The van der Waals surface area contributed by atoms with Crippen molar-refractivity contribution in [1.82, 2.24) is 5.32 Å². The average Bonchev–Trinajstić information content (AvgIpc) is 2.23. The lowest BCUT2D eigenvalue weighted by Crippen LogP contribution is -2.38. The van der Waals surface area contributed by atoms with Gasteiger partial charge in [0.05, 0.1) is 0 Å². The lowest BCUT2D eigenvalue weighted by atomic mass is 9.89. The molecule has 1 aromatic rings. The molecule has 84 valence electrons. The summed E-state index contributed by atoms with van der Waals surface area (Å²) in [5.74, 6) is 0.207. The van der Waals surface area contributed by atoms with Crippen LogP contribution in [0.3, 0.4) is 0 Å². The van der Waals surface area contributed by atoms with Crippen molar-refractivity contribution in [3.63, 3.8) is 0 Å². The minimum Gasteiger partial charge on any atom is -0.314 e. The molecule has 0 bridgehead atoms. The normalized spacial score (nSPS) is 25.7. The molecule has 1 heterocycles. The molecule has 0 aromatic heterocycles. The quantitative estimate of drug-likeness (QED) is 0.822. The van der Waals surface area contributed by atoms with Gasteiger partial charge in [-0.1, -0.05) is 30.3 Å². The van der Waals surface area contributed by atoms with E-state index in [0.717, 1.165) is 19.4 Å². The average molecular weight is 230 g/mol. The van der Waals surface area contributed by atoms with Gasteiger partial charge in [-0.2, -0.15) is 0 Å². The van der Waals surface area contributed by atoms with Gasteiger partial charge in [-0.15, -0.1) is 12.4 Å². The molecule has 0 spiro atoms. The second kappa shape index (κ2) is 6.09. The molecule has 0 radical (unpaired) electrons. The molecule has 1 saturated heterocycles. The highest BCUT2D eigenvalue weighted by Crippen LogP contribution is 2.20. The number of alkyl halides is 1. The predicted molar refractivity (Wildman–Crippen MR) is 63.3 cm³/mol. The Kier molecular flexibility index (Phi) is 5.06. The largest absolute Gasteiger partial charge is 0.314 e. The fourth-order valence-corrected chi connectivity index (χ4v) is 2.02. The molecule has 0 amide bonds. The van der Waals surface area contributed by atoms with E-state index in [2.05, 4.69) is 17.4 Å². The zero-order valence-electron chi connectivity index (χ0n) is 8.66. The van der Waals surface area contributed by atoms with Gasteiger partial charge in [0.1, 0.15) is 6.17 Å². The van der Waals surface area contributed by atoms with Crippen molar-refractivity contribution in [3.8, 4) is 0 Å². The summed E-state index contributed by atoms with van der Waals surface area (Å²) >= 11 is 0. The molecule has 1 nitrogen and oxygen atoms in total. The molecule has 2 atom stereocenters. The van der Waals surface area contributed by atoms with Crippen molar-refractivity contribution in [2.75, 3.05) is 13.1 Å². The van der Waals surface area contributed by atoms with Crippen molar-refractivity contribution >= 4 is 12.4 Å². The van der Waals surface area contributed by atoms with Gasteiger partial charge >= 0.3 is 0 Å². The zero-order valence-corrected chi connectivity index (χ0v) is 9.47. The van der Waals surface area contributed by atoms with Crippen LogP contribution in [0.4, 0.5) is 4.39 Å². The molecule has 1 aromatic carbocycles. The molecule has 3 heteroatoms. The van der Waals surface area contributed by atoms with Crippen LogP contribution >= 0.6 is 12.4 Å². The Hall–Kier alpha value is -0.600. The van der Waals surface area contributed by atoms with E-state index in [1.165, 1.54) is 5.56 Å². The summed E-state index contributed by atoms with van der Waals surface area (Å²) in [5, 5.41) is 3.08. The summed E-state index contributed by atoms with van der Waals surface area (Å²) in [4.78, 5) is 0. The van der Waals surface area contributed by atoms with Gasteiger partial charge in [0, 0.05) is 6.54 Å². The van der Waals surface area contributed by atoms with Crippen molar-refractivity contribution in [2.45, 2.75) is 19.0 Å². The monoisotopic (exact) mass is 229 g/mol. The summed E-state index contributed by atoms with van der Waals surface area (Å²) in [6.45, 7) is 1.48. The Morgan fingerprint density at radius 3 is 2.67 bits per heavy atom. The molecular formula is C12H17ClFN. The number of piperidine rings is 1. The van der Waals surface area contributed by atoms with Gasteiger partial charge in [0.2, 0.25) is 0 Å². The molecule has 0 saturated carbocycles. The molecule has 2 unspecified atom stereocenters. The van der Waals surface area contributed by atoms with Crippen LogP contribution in [-0.4, -0.2) is 19.3 Å². The summed E-state index contributed by atoms with van der Waals surface area (Å²) < 4.78 is 13.5. The van der Waals surface area contributed by atoms with E-state index < -0.39 is 6.17 Å². The van der Waals surface area contributed by atoms with E-state index in [-0.39, 0.29) is 18.3 Å². The maximum absolute atomic E-state index is 13.5. The summed E-state index contributed by atoms with van der Waals surface area (Å²) in [5.41, 5.74) is 1.25. The summed E-state index contributed by atoms with van der Waals surface area (Å²) in [7, 11) is 0. The van der Waals surface area contributed by atoms with Gasteiger partial charge in [-0.25, -0.2) is 4.39 Å². The fraction of sp³-hybridized carbons (Fsp3) is 0.500. The third kappa shape index (κ3) is 3.47. The lowest BCUT2D eigenvalue weighted by Gasteiger charge is -2.26. The number of benzene rings is 1. The standard InChI is InChI=1S/C12H16FN.ClH/c13-12-9-14-7-6-11(12)8-10-4-2-1-3-5-10;/h1-5,11-12,14H,6-9H2;1H. The zero-order chi connectivity index (χ0) is 9.80. The Morgan fingerprint density at radius 1 is 1.27 bits per heavy atom. The topological polar surface area (TPSA) is 12.0 Å².